The molecule has 0 spiro atoms. The maximum atomic E-state index is 15.1. The lowest BCUT2D eigenvalue weighted by molar-refractivity contribution is 0.0907. The van der Waals surface area contributed by atoms with Crippen LogP contribution in [-0.4, -0.2) is 40.8 Å². The number of hydrogen-bond acceptors (Lipinski definition) is 9. The van der Waals surface area contributed by atoms with E-state index >= 15 is 4.39 Å². The first kappa shape index (κ1) is 23.2. The van der Waals surface area contributed by atoms with Gasteiger partial charge in [-0.15, -0.1) is 0 Å². The minimum absolute atomic E-state index is 0.0498. The molecule has 3 aromatic heterocycles. The van der Waals surface area contributed by atoms with E-state index in [9.17, 15) is 4.79 Å². The Hall–Kier alpha value is -3.93. The van der Waals surface area contributed by atoms with Gasteiger partial charge in [-0.25, -0.2) is 14.4 Å². The summed E-state index contributed by atoms with van der Waals surface area (Å²) in [5.74, 6) is -0.284. The molecule has 11 nitrogen and oxygen atoms in total. The van der Waals surface area contributed by atoms with Crippen molar-refractivity contribution >= 4 is 29.3 Å². The van der Waals surface area contributed by atoms with Gasteiger partial charge in [-0.2, -0.15) is 15.1 Å². The lowest BCUT2D eigenvalue weighted by atomic mass is 9.96. The highest BCUT2D eigenvalue weighted by Crippen LogP contribution is 2.29. The summed E-state index contributed by atoms with van der Waals surface area (Å²) in [5, 5.41) is 13.3. The van der Waals surface area contributed by atoms with Crippen molar-refractivity contribution in [1.29, 1.82) is 0 Å². The highest BCUT2D eigenvalue weighted by Gasteiger charge is 2.24. The van der Waals surface area contributed by atoms with Gasteiger partial charge >= 0.3 is 11.8 Å². The van der Waals surface area contributed by atoms with Gasteiger partial charge < -0.3 is 15.2 Å². The number of hydrogen-bond donors (Lipinski definition) is 2. The zero-order chi connectivity index (χ0) is 24.5. The molecule has 34 heavy (non-hydrogen) atoms. The third-order valence-electron chi connectivity index (χ3n) is 4.66. The van der Waals surface area contributed by atoms with Gasteiger partial charge in [-0.3, -0.25) is 9.48 Å². The summed E-state index contributed by atoms with van der Waals surface area (Å²) < 4.78 is 21.7. The molecule has 0 radical (unpaired) electrons. The van der Waals surface area contributed by atoms with Crippen molar-refractivity contribution in [2.24, 2.45) is 7.05 Å². The Morgan fingerprint density at radius 2 is 2.00 bits per heavy atom. The highest BCUT2D eigenvalue weighted by atomic mass is 35.5. The first-order valence-corrected chi connectivity index (χ1v) is 10.5. The molecule has 2 N–H and O–H groups in total. The van der Waals surface area contributed by atoms with E-state index in [2.05, 4.69) is 40.8 Å². The van der Waals surface area contributed by atoms with Crippen LogP contribution in [0.2, 0.25) is 5.02 Å². The van der Waals surface area contributed by atoms with Gasteiger partial charge in [0, 0.05) is 31.3 Å². The molecule has 1 aromatic carbocycles. The SMILES string of the molecule is Cn1ccc(Nc2ncnc(-c3ccc(CNC(=O)c4nc(C(C)(C)C)no4)c(Cl)c3F)n2)n1. The van der Waals surface area contributed by atoms with Gasteiger partial charge in [0.15, 0.2) is 23.3 Å². The Kier molecular flexibility index (Phi) is 6.24. The minimum Gasteiger partial charge on any atom is -0.344 e. The van der Waals surface area contributed by atoms with Crippen molar-refractivity contribution in [3.63, 3.8) is 0 Å². The molecule has 176 valence electrons. The normalized spacial score (nSPS) is 11.5. The summed E-state index contributed by atoms with van der Waals surface area (Å²) in [7, 11) is 1.77. The second-order valence-corrected chi connectivity index (χ2v) is 8.77. The van der Waals surface area contributed by atoms with Crippen molar-refractivity contribution in [1.82, 2.24) is 40.2 Å². The Morgan fingerprint density at radius 1 is 1.21 bits per heavy atom. The van der Waals surface area contributed by atoms with Crippen molar-refractivity contribution in [3.8, 4) is 11.4 Å². The molecular weight excluding hydrogens is 465 g/mol. The smallest absolute Gasteiger partial charge is 0.315 e. The molecular formula is C21H21ClFN9O2. The lowest BCUT2D eigenvalue weighted by Gasteiger charge is -2.11. The zero-order valence-corrected chi connectivity index (χ0v) is 19.6. The molecule has 4 aromatic rings. The fourth-order valence-electron chi connectivity index (χ4n) is 2.85. The lowest BCUT2D eigenvalue weighted by Crippen LogP contribution is -2.24. The quantitative estimate of drug-likeness (QED) is 0.420. The molecule has 4 rings (SSSR count). The van der Waals surface area contributed by atoms with E-state index in [4.69, 9.17) is 16.1 Å². The number of amides is 1. The first-order chi connectivity index (χ1) is 16.1. The number of nitrogens with one attached hydrogen (secondary N) is 2. The van der Waals surface area contributed by atoms with Crippen LogP contribution >= 0.6 is 11.6 Å². The van der Waals surface area contributed by atoms with Crippen LogP contribution in [-0.2, 0) is 19.0 Å². The molecule has 0 saturated heterocycles. The molecule has 13 heteroatoms. The fraction of sp³-hybridized carbons (Fsp3) is 0.286. The molecule has 0 aliphatic heterocycles. The average molecular weight is 486 g/mol. The van der Waals surface area contributed by atoms with Gasteiger partial charge in [0.25, 0.3) is 0 Å². The number of halogens is 2. The second-order valence-electron chi connectivity index (χ2n) is 8.39. The van der Waals surface area contributed by atoms with E-state index in [1.54, 1.807) is 30.1 Å². The number of carbonyl (C=O) groups excluding carboxylic acids is 1. The summed E-state index contributed by atoms with van der Waals surface area (Å²) in [5.41, 5.74) is 0.0674. The highest BCUT2D eigenvalue weighted by molar-refractivity contribution is 6.31. The summed E-state index contributed by atoms with van der Waals surface area (Å²) >= 11 is 6.24. The number of carbonyl (C=O) groups is 1. The largest absolute Gasteiger partial charge is 0.344 e. The van der Waals surface area contributed by atoms with Gasteiger partial charge in [0.2, 0.25) is 5.95 Å². The molecule has 0 bridgehead atoms. The molecule has 0 atom stereocenters. The Balaban J connectivity index is 1.48. The van der Waals surface area contributed by atoms with Gasteiger partial charge in [-0.05, 0) is 11.6 Å². The standard InChI is InChI=1S/C21H21ClFN9O2/c1-21(2,3)19-29-18(34-31-19)17(33)24-9-11-5-6-12(15(23)14(11)22)16-25-10-26-20(28-16)27-13-7-8-32(4)30-13/h5-8,10H,9H2,1-4H3,(H,24,33)(H,25,26,27,28,30). The van der Waals surface area contributed by atoms with Crippen molar-refractivity contribution in [2.45, 2.75) is 32.7 Å². The minimum atomic E-state index is -0.726. The van der Waals surface area contributed by atoms with E-state index in [0.29, 0.717) is 17.2 Å². The number of rotatable bonds is 6. The number of nitrogens with zero attached hydrogens (tertiary/aromatic N) is 7. The number of benzene rings is 1. The molecule has 0 unspecified atom stereocenters. The molecule has 3 heterocycles. The van der Waals surface area contributed by atoms with Crippen LogP contribution < -0.4 is 10.6 Å². The first-order valence-electron chi connectivity index (χ1n) is 10.2. The Labute approximate surface area is 198 Å². The second kappa shape index (κ2) is 9.14. The van der Waals surface area contributed by atoms with Gasteiger partial charge in [0.1, 0.15) is 6.33 Å². The van der Waals surface area contributed by atoms with E-state index in [-0.39, 0.29) is 40.2 Å². The maximum absolute atomic E-state index is 15.1. The Morgan fingerprint density at radius 3 is 2.68 bits per heavy atom. The third kappa shape index (κ3) is 5.01. The topological polar surface area (TPSA) is 137 Å². The monoisotopic (exact) mass is 485 g/mol. The average Bonchev–Trinajstić information content (AvgIpc) is 3.44. The van der Waals surface area contributed by atoms with E-state index in [1.807, 2.05) is 20.8 Å². The van der Waals surface area contributed by atoms with Crippen LogP contribution in [0.3, 0.4) is 0 Å². The van der Waals surface area contributed by atoms with Crippen LogP contribution in [0, 0.1) is 5.82 Å². The Bertz CT molecular complexity index is 1350. The number of aromatic nitrogens is 7. The molecule has 1 amide bonds. The molecule has 0 aliphatic rings. The van der Waals surface area contributed by atoms with Crippen LogP contribution in [0.15, 0.2) is 35.2 Å². The number of aryl methyl sites for hydroxylation is 1. The maximum Gasteiger partial charge on any atom is 0.315 e. The molecule has 0 fully saturated rings. The van der Waals surface area contributed by atoms with Gasteiger partial charge in [-0.1, -0.05) is 43.6 Å². The summed E-state index contributed by atoms with van der Waals surface area (Å²) in [6.45, 7) is 5.64. The van der Waals surface area contributed by atoms with E-state index < -0.39 is 11.7 Å². The predicted octanol–water partition coefficient (Wildman–Crippen LogP) is 3.42. The van der Waals surface area contributed by atoms with Crippen molar-refractivity contribution < 1.29 is 13.7 Å². The fourth-order valence-corrected chi connectivity index (χ4v) is 3.08. The van der Waals surface area contributed by atoms with E-state index in [0.717, 1.165) is 0 Å². The molecule has 0 saturated carbocycles. The summed E-state index contributed by atoms with van der Waals surface area (Å²) in [6.07, 6.45) is 3.01. The number of anilines is 2. The third-order valence-corrected chi connectivity index (χ3v) is 5.07. The van der Waals surface area contributed by atoms with Crippen LogP contribution in [0.25, 0.3) is 11.4 Å². The van der Waals surface area contributed by atoms with Crippen LogP contribution in [0.4, 0.5) is 16.2 Å². The van der Waals surface area contributed by atoms with Crippen LogP contribution in [0.1, 0.15) is 42.8 Å². The summed E-state index contributed by atoms with van der Waals surface area (Å²) in [6, 6.07) is 4.79. The van der Waals surface area contributed by atoms with E-state index in [1.165, 1.54) is 12.4 Å². The summed E-state index contributed by atoms with van der Waals surface area (Å²) in [4.78, 5) is 28.7. The predicted molar refractivity (Wildman–Crippen MR) is 121 cm³/mol. The zero-order valence-electron chi connectivity index (χ0n) is 18.8. The van der Waals surface area contributed by atoms with Crippen molar-refractivity contribution in [3.05, 3.63) is 58.8 Å². The molecule has 0 aliphatic carbocycles. The van der Waals surface area contributed by atoms with Crippen LogP contribution in [0.5, 0.6) is 0 Å². The van der Waals surface area contributed by atoms with Crippen molar-refractivity contribution in [2.75, 3.05) is 5.32 Å². The van der Waals surface area contributed by atoms with Gasteiger partial charge in [0.05, 0.1) is 10.6 Å².